The van der Waals surface area contributed by atoms with Gasteiger partial charge in [-0.25, -0.2) is 0 Å². The predicted octanol–water partition coefficient (Wildman–Crippen LogP) is 13.6. The Kier molecular flexibility index (Phi) is 3.21. The fourth-order valence-corrected chi connectivity index (χ4v) is 7.79. The minimum atomic E-state index is -0.816. The summed E-state index contributed by atoms with van der Waals surface area (Å²) < 4.78 is 195. The molecule has 0 bridgehead atoms. The van der Waals surface area contributed by atoms with Crippen molar-refractivity contribution in [2.45, 2.75) is 0 Å². The molecule has 0 N–H and O–H groups in total. The van der Waals surface area contributed by atoms with Gasteiger partial charge in [0.1, 0.15) is 0 Å². The van der Waals surface area contributed by atoms with Crippen molar-refractivity contribution in [3.63, 3.8) is 0 Å². The molecule has 238 valence electrons. The van der Waals surface area contributed by atoms with Crippen LogP contribution in [0.4, 0.5) is 0 Å². The number of benzene rings is 8. The molecule has 0 atom stereocenters. The molecule has 11 rings (SSSR count). The third-order valence-electron chi connectivity index (χ3n) is 8.91. The van der Waals surface area contributed by atoms with Gasteiger partial charge in [-0.15, -0.1) is 11.3 Å². The summed E-state index contributed by atoms with van der Waals surface area (Å²) in [4.78, 5) is 0. The molecule has 3 aromatic heterocycles. The van der Waals surface area contributed by atoms with Crippen molar-refractivity contribution in [2.75, 3.05) is 0 Å². The van der Waals surface area contributed by atoms with E-state index in [0.29, 0.717) is 5.69 Å². The van der Waals surface area contributed by atoms with Crippen molar-refractivity contribution in [2.24, 2.45) is 0 Å². The Morgan fingerprint density at radius 3 is 1.90 bits per heavy atom. The van der Waals surface area contributed by atoms with Crippen LogP contribution in [0.3, 0.4) is 0 Å². The third kappa shape index (κ3) is 4.22. The summed E-state index contributed by atoms with van der Waals surface area (Å²) in [6.45, 7) is 0. The number of para-hydroxylation sites is 3. The Hall–Kier alpha value is -6.42. The standard InChI is InChI=1S/C48H30N2S/c1-3-13-31(14-4-1)35-19-11-23-45-47(35)48-44(22-12-24-46(48)51-45)50-41-21-10-8-18-37(41)39-30-33(26-28-43(39)50)32-25-27-42-38(29-32)36-17-7-9-20-40(36)49(42)34-15-5-2-6-16-34/h1-30H/i3D,7D,8D,9D,10D,11D,12D,13D,17D,18D,19D,20D,22D,23D,24D,25D,26D,27D,28D,29D,30D. The second-order valence-electron chi connectivity index (χ2n) is 11.7. The summed E-state index contributed by atoms with van der Waals surface area (Å²) in [6, 6.07) is 1.25. The van der Waals surface area contributed by atoms with Gasteiger partial charge >= 0.3 is 0 Å². The molecule has 11 aromatic rings. The van der Waals surface area contributed by atoms with E-state index in [4.69, 9.17) is 16.4 Å². The fourth-order valence-electron chi connectivity index (χ4n) is 6.77. The lowest BCUT2D eigenvalue weighted by Crippen LogP contribution is -1.95. The molecule has 0 saturated carbocycles. The van der Waals surface area contributed by atoms with Crippen LogP contribution in [0.2, 0.25) is 0 Å². The lowest BCUT2D eigenvalue weighted by atomic mass is 9.99. The van der Waals surface area contributed by atoms with Gasteiger partial charge in [0.15, 0.2) is 0 Å². The number of fused-ring (bicyclic) bond motifs is 9. The Morgan fingerprint density at radius 2 is 1.08 bits per heavy atom. The molecule has 0 aliphatic carbocycles. The van der Waals surface area contributed by atoms with Crippen molar-refractivity contribution < 1.29 is 28.8 Å². The average molecular weight is 688 g/mol. The van der Waals surface area contributed by atoms with Crippen LogP contribution in [0.25, 0.3) is 97.4 Å². The Bertz CT molecular complexity index is 4350. The van der Waals surface area contributed by atoms with Gasteiger partial charge in [-0.1, -0.05) is 115 Å². The summed E-state index contributed by atoms with van der Waals surface area (Å²) in [5, 5.41) is -1.14. The number of rotatable bonds is 4. The van der Waals surface area contributed by atoms with Gasteiger partial charge in [-0.2, -0.15) is 0 Å². The van der Waals surface area contributed by atoms with E-state index in [-0.39, 0.29) is 87.2 Å². The predicted molar refractivity (Wildman–Crippen MR) is 219 cm³/mol. The van der Waals surface area contributed by atoms with Crippen molar-refractivity contribution in [3.05, 3.63) is 181 Å². The molecule has 0 radical (unpaired) electrons. The highest BCUT2D eigenvalue weighted by Gasteiger charge is 2.20. The third-order valence-corrected chi connectivity index (χ3v) is 9.93. The summed E-state index contributed by atoms with van der Waals surface area (Å²) in [6.07, 6.45) is 0. The van der Waals surface area contributed by atoms with Crippen molar-refractivity contribution in [1.29, 1.82) is 0 Å². The van der Waals surface area contributed by atoms with Gasteiger partial charge in [-0.05, 0) is 88.8 Å². The maximum absolute atomic E-state index is 9.99. The summed E-state index contributed by atoms with van der Waals surface area (Å²) in [5.74, 6) is 0. The van der Waals surface area contributed by atoms with E-state index in [9.17, 15) is 12.3 Å². The van der Waals surface area contributed by atoms with Crippen molar-refractivity contribution in [3.8, 4) is 33.6 Å². The molecule has 2 nitrogen and oxygen atoms in total. The lowest BCUT2D eigenvalue weighted by Gasteiger charge is -2.12. The first-order valence-corrected chi connectivity index (χ1v) is 16.5. The van der Waals surface area contributed by atoms with Crippen LogP contribution in [0, 0.1) is 0 Å². The second-order valence-corrected chi connectivity index (χ2v) is 12.7. The minimum Gasteiger partial charge on any atom is -0.309 e. The monoisotopic (exact) mass is 687 g/mol. The molecule has 0 unspecified atom stereocenters. The highest BCUT2D eigenvalue weighted by Crippen LogP contribution is 2.45. The van der Waals surface area contributed by atoms with Crippen LogP contribution in [0.5, 0.6) is 0 Å². The maximum atomic E-state index is 9.99. The van der Waals surface area contributed by atoms with Gasteiger partial charge in [0, 0.05) is 47.4 Å². The van der Waals surface area contributed by atoms with Gasteiger partial charge in [-0.3, -0.25) is 0 Å². The zero-order valence-corrected chi connectivity index (χ0v) is 26.8. The number of hydrogen-bond donors (Lipinski definition) is 0. The molecule has 3 heteroatoms. The normalized spacial score (nSPS) is 17.7. The highest BCUT2D eigenvalue weighted by molar-refractivity contribution is 7.26. The van der Waals surface area contributed by atoms with Gasteiger partial charge in [0.05, 0.1) is 56.5 Å². The number of thiophene rings is 1. The highest BCUT2D eigenvalue weighted by atomic mass is 32.1. The molecule has 3 heterocycles. The van der Waals surface area contributed by atoms with Crippen LogP contribution in [0.15, 0.2) is 181 Å². The molecule has 0 amide bonds. The summed E-state index contributed by atoms with van der Waals surface area (Å²) in [5.41, 5.74) is -2.08. The van der Waals surface area contributed by atoms with E-state index < -0.39 is 131 Å². The Morgan fingerprint density at radius 1 is 0.412 bits per heavy atom. The van der Waals surface area contributed by atoms with Crippen LogP contribution >= 0.6 is 11.3 Å². The molecular weight excluding hydrogens is 637 g/mol. The molecule has 51 heavy (non-hydrogen) atoms. The van der Waals surface area contributed by atoms with Gasteiger partial charge in [0.2, 0.25) is 0 Å². The fraction of sp³-hybridized carbons (Fsp3) is 0. The van der Waals surface area contributed by atoms with Gasteiger partial charge < -0.3 is 9.13 Å². The summed E-state index contributed by atoms with van der Waals surface area (Å²) >= 11 is 0.794. The quantitative estimate of drug-likeness (QED) is 0.174. The van der Waals surface area contributed by atoms with E-state index in [1.165, 1.54) is 22.8 Å². The molecule has 0 aliphatic heterocycles. The van der Waals surface area contributed by atoms with Crippen molar-refractivity contribution in [1.82, 2.24) is 9.13 Å². The zero-order valence-electron chi connectivity index (χ0n) is 47.0. The first kappa shape index (κ1) is 14.8. The average Bonchev–Trinajstić information content (AvgIpc) is 4.04. The van der Waals surface area contributed by atoms with E-state index in [0.717, 1.165) is 22.0 Å². The Balaban J connectivity index is 1.36. The van der Waals surface area contributed by atoms with E-state index in [1.807, 2.05) is 0 Å². The van der Waals surface area contributed by atoms with E-state index in [2.05, 4.69) is 0 Å². The second kappa shape index (κ2) is 11.0. The van der Waals surface area contributed by atoms with Crippen LogP contribution in [-0.2, 0) is 0 Å². The molecule has 8 aromatic carbocycles. The smallest absolute Gasteiger partial charge is 0.0645 e. The SMILES string of the molecule is [2H]c1cccc(-c2c([2H])c([2H])c([2H])c3sc4c([2H])c([2H])c([2H])c(-n5c6cc([2H])c([2H])c([2H])c6c6c([2H])c(-c7c([2H])c([2H])c8c(c7[2H])c7c([2H])c([2H])c([2H])c([2H])c7n8-c7ccccc7)c([2H])c([2H])c65)c4c23)c1[2H]. The first-order chi connectivity index (χ1) is 34.1. The molecule has 0 aliphatic rings. The van der Waals surface area contributed by atoms with Crippen LogP contribution in [0.1, 0.15) is 28.8 Å². The van der Waals surface area contributed by atoms with Crippen molar-refractivity contribution >= 4 is 75.1 Å². The van der Waals surface area contributed by atoms with E-state index >= 15 is 0 Å². The number of nitrogens with zero attached hydrogens (tertiary/aromatic N) is 2. The molecule has 0 fully saturated rings. The van der Waals surface area contributed by atoms with Crippen LogP contribution < -0.4 is 0 Å². The number of hydrogen-bond acceptors (Lipinski definition) is 1. The minimum absolute atomic E-state index is 0.00822. The zero-order chi connectivity index (χ0) is 51.7. The topological polar surface area (TPSA) is 9.86 Å². The largest absolute Gasteiger partial charge is 0.309 e. The van der Waals surface area contributed by atoms with Crippen LogP contribution in [-0.4, -0.2) is 9.13 Å². The Labute approximate surface area is 328 Å². The summed E-state index contributed by atoms with van der Waals surface area (Å²) in [7, 11) is 0. The lowest BCUT2D eigenvalue weighted by molar-refractivity contribution is 1.18. The number of aromatic nitrogens is 2. The van der Waals surface area contributed by atoms with E-state index in [1.54, 1.807) is 30.3 Å². The molecule has 0 spiro atoms. The molecule has 0 saturated heterocycles. The molecular formula is C48H30N2S. The first-order valence-electron chi connectivity index (χ1n) is 26.2. The van der Waals surface area contributed by atoms with Gasteiger partial charge in [0.25, 0.3) is 0 Å². The maximum Gasteiger partial charge on any atom is 0.0645 e.